The minimum Gasteiger partial charge on any atom is -0.392 e. The van der Waals surface area contributed by atoms with Crippen LogP contribution in [0.15, 0.2) is 53.7 Å². The summed E-state index contributed by atoms with van der Waals surface area (Å²) in [4.78, 5) is 8.61. The third kappa shape index (κ3) is 3.37. The molecule has 1 aromatic heterocycles. The number of aliphatic hydroxyl groups is 1. The number of rotatable bonds is 5. The van der Waals surface area contributed by atoms with Gasteiger partial charge in [0.05, 0.1) is 17.0 Å². The van der Waals surface area contributed by atoms with Crippen molar-refractivity contribution in [2.45, 2.75) is 18.0 Å². The number of sulfone groups is 1. The predicted molar refractivity (Wildman–Crippen MR) is 92.3 cm³/mol. The second-order valence-electron chi connectivity index (χ2n) is 5.45. The molecule has 2 aromatic carbocycles. The molecule has 124 valence electrons. The second kappa shape index (κ2) is 6.54. The van der Waals surface area contributed by atoms with E-state index in [1.807, 2.05) is 24.3 Å². The lowest BCUT2D eigenvalue weighted by Crippen LogP contribution is -2.05. The molecule has 1 heterocycles. The molecular formula is C17H17N3O3S. The number of anilines is 1. The zero-order chi connectivity index (χ0) is 17.2. The first-order valence-corrected chi connectivity index (χ1v) is 9.24. The van der Waals surface area contributed by atoms with Crippen molar-refractivity contribution in [2.75, 3.05) is 11.6 Å². The van der Waals surface area contributed by atoms with Crippen LogP contribution in [0.2, 0.25) is 0 Å². The molecule has 3 rings (SSSR count). The summed E-state index contributed by atoms with van der Waals surface area (Å²) >= 11 is 0. The van der Waals surface area contributed by atoms with Crippen LogP contribution in [0.5, 0.6) is 0 Å². The zero-order valence-electron chi connectivity index (χ0n) is 13.1. The highest BCUT2D eigenvalue weighted by Gasteiger charge is 2.11. The van der Waals surface area contributed by atoms with Crippen LogP contribution in [-0.2, 0) is 23.0 Å². The summed E-state index contributed by atoms with van der Waals surface area (Å²) < 4.78 is 23.5. The molecule has 0 aliphatic heterocycles. The van der Waals surface area contributed by atoms with Gasteiger partial charge in [-0.3, -0.25) is 0 Å². The lowest BCUT2D eigenvalue weighted by molar-refractivity contribution is 0.280. The molecule has 24 heavy (non-hydrogen) atoms. The van der Waals surface area contributed by atoms with E-state index in [0.29, 0.717) is 23.3 Å². The predicted octanol–water partition coefficient (Wildman–Crippen LogP) is 2.14. The Bertz CT molecular complexity index is 987. The topological polar surface area (TPSA) is 92.2 Å². The lowest BCUT2D eigenvalue weighted by atomic mass is 10.1. The molecular weight excluding hydrogens is 326 g/mol. The Kier molecular flexibility index (Phi) is 4.46. The van der Waals surface area contributed by atoms with Gasteiger partial charge in [0.15, 0.2) is 9.84 Å². The van der Waals surface area contributed by atoms with Gasteiger partial charge in [0.1, 0.15) is 12.1 Å². The molecule has 0 aliphatic carbocycles. The highest BCUT2D eigenvalue weighted by atomic mass is 32.2. The SMILES string of the molecule is CS(=O)(=O)c1ccc2ncnc(NCc3ccccc3CO)c2c1. The number of aliphatic hydroxyl groups excluding tert-OH is 1. The van der Waals surface area contributed by atoms with Crippen LogP contribution in [0.25, 0.3) is 10.9 Å². The number of nitrogens with zero attached hydrogens (tertiary/aromatic N) is 2. The fraction of sp³-hybridized carbons (Fsp3) is 0.176. The van der Waals surface area contributed by atoms with Gasteiger partial charge in [0.2, 0.25) is 0 Å². The van der Waals surface area contributed by atoms with Gasteiger partial charge in [0, 0.05) is 18.2 Å². The Labute approximate surface area is 140 Å². The summed E-state index contributed by atoms with van der Waals surface area (Å²) in [6.45, 7) is 0.423. The van der Waals surface area contributed by atoms with E-state index in [9.17, 15) is 13.5 Å². The Hall–Kier alpha value is -2.51. The number of benzene rings is 2. The van der Waals surface area contributed by atoms with Crippen molar-refractivity contribution < 1.29 is 13.5 Å². The van der Waals surface area contributed by atoms with E-state index < -0.39 is 9.84 Å². The zero-order valence-corrected chi connectivity index (χ0v) is 13.9. The molecule has 2 N–H and O–H groups in total. The first kappa shape index (κ1) is 16.4. The van der Waals surface area contributed by atoms with E-state index in [4.69, 9.17) is 0 Å². The van der Waals surface area contributed by atoms with E-state index in [1.54, 1.807) is 12.1 Å². The Balaban J connectivity index is 1.97. The van der Waals surface area contributed by atoms with Crippen molar-refractivity contribution in [2.24, 2.45) is 0 Å². The smallest absolute Gasteiger partial charge is 0.175 e. The van der Waals surface area contributed by atoms with Crippen LogP contribution in [0.1, 0.15) is 11.1 Å². The quantitative estimate of drug-likeness (QED) is 0.737. The first-order chi connectivity index (χ1) is 11.5. The summed E-state index contributed by atoms with van der Waals surface area (Å²) in [6, 6.07) is 12.3. The van der Waals surface area contributed by atoms with Crippen molar-refractivity contribution in [3.05, 3.63) is 59.9 Å². The molecule has 0 fully saturated rings. The number of nitrogens with one attached hydrogen (secondary N) is 1. The fourth-order valence-electron chi connectivity index (χ4n) is 2.47. The molecule has 0 amide bonds. The monoisotopic (exact) mass is 343 g/mol. The highest BCUT2D eigenvalue weighted by molar-refractivity contribution is 7.90. The second-order valence-corrected chi connectivity index (χ2v) is 7.47. The van der Waals surface area contributed by atoms with Gasteiger partial charge < -0.3 is 10.4 Å². The Morgan fingerprint density at radius 1 is 1.08 bits per heavy atom. The maximum Gasteiger partial charge on any atom is 0.175 e. The van der Waals surface area contributed by atoms with Crippen molar-refractivity contribution in [1.29, 1.82) is 0 Å². The summed E-state index contributed by atoms with van der Waals surface area (Å²) in [5, 5.41) is 13.2. The minimum absolute atomic E-state index is 0.0411. The average Bonchev–Trinajstić information content (AvgIpc) is 2.58. The van der Waals surface area contributed by atoms with E-state index in [-0.39, 0.29) is 11.5 Å². The molecule has 0 spiro atoms. The molecule has 7 heteroatoms. The van der Waals surface area contributed by atoms with E-state index in [2.05, 4.69) is 15.3 Å². The average molecular weight is 343 g/mol. The van der Waals surface area contributed by atoms with Crippen LogP contribution in [0, 0.1) is 0 Å². The molecule has 6 nitrogen and oxygen atoms in total. The normalized spacial score (nSPS) is 11.6. The largest absolute Gasteiger partial charge is 0.392 e. The summed E-state index contributed by atoms with van der Waals surface area (Å²) in [6.07, 6.45) is 2.60. The minimum atomic E-state index is -3.31. The van der Waals surface area contributed by atoms with Crippen molar-refractivity contribution in [1.82, 2.24) is 9.97 Å². The van der Waals surface area contributed by atoms with E-state index in [1.165, 1.54) is 18.6 Å². The van der Waals surface area contributed by atoms with Crippen molar-refractivity contribution in [3.8, 4) is 0 Å². The summed E-state index contributed by atoms with van der Waals surface area (Å²) in [5.74, 6) is 0.554. The molecule has 0 unspecified atom stereocenters. The molecule has 0 atom stereocenters. The van der Waals surface area contributed by atoms with Crippen LogP contribution >= 0.6 is 0 Å². The van der Waals surface area contributed by atoms with Crippen molar-refractivity contribution in [3.63, 3.8) is 0 Å². The molecule has 0 saturated heterocycles. The van der Waals surface area contributed by atoms with Crippen LogP contribution in [0.4, 0.5) is 5.82 Å². The molecule has 3 aromatic rings. The van der Waals surface area contributed by atoms with Gasteiger partial charge in [-0.1, -0.05) is 24.3 Å². The van der Waals surface area contributed by atoms with Crippen LogP contribution < -0.4 is 5.32 Å². The lowest BCUT2D eigenvalue weighted by Gasteiger charge is -2.11. The molecule has 0 radical (unpaired) electrons. The third-order valence-corrected chi connectivity index (χ3v) is 4.88. The van der Waals surface area contributed by atoms with E-state index in [0.717, 1.165) is 11.1 Å². The van der Waals surface area contributed by atoms with Gasteiger partial charge in [0.25, 0.3) is 0 Å². The number of aromatic nitrogens is 2. The van der Waals surface area contributed by atoms with Gasteiger partial charge in [-0.2, -0.15) is 0 Å². The van der Waals surface area contributed by atoms with Crippen molar-refractivity contribution >= 4 is 26.6 Å². The maximum absolute atomic E-state index is 11.8. The van der Waals surface area contributed by atoms with Gasteiger partial charge in [-0.05, 0) is 29.3 Å². The van der Waals surface area contributed by atoms with Gasteiger partial charge in [-0.15, -0.1) is 0 Å². The highest BCUT2D eigenvalue weighted by Crippen LogP contribution is 2.23. The van der Waals surface area contributed by atoms with Crippen LogP contribution in [0.3, 0.4) is 0 Å². The number of hydrogen-bond donors (Lipinski definition) is 2. The fourth-order valence-corrected chi connectivity index (χ4v) is 3.12. The molecule has 0 bridgehead atoms. The maximum atomic E-state index is 11.8. The Morgan fingerprint density at radius 2 is 1.83 bits per heavy atom. The molecule has 0 saturated carbocycles. The van der Waals surface area contributed by atoms with Gasteiger partial charge in [-0.25, -0.2) is 18.4 Å². The van der Waals surface area contributed by atoms with E-state index >= 15 is 0 Å². The van der Waals surface area contributed by atoms with Gasteiger partial charge >= 0.3 is 0 Å². The summed E-state index contributed by atoms with van der Waals surface area (Å²) in [7, 11) is -3.31. The summed E-state index contributed by atoms with van der Waals surface area (Å²) in [5.41, 5.74) is 2.45. The number of fused-ring (bicyclic) bond motifs is 1. The molecule has 0 aliphatic rings. The number of hydrogen-bond acceptors (Lipinski definition) is 6. The standard InChI is InChI=1S/C17H17N3O3S/c1-24(22,23)14-6-7-16-15(8-14)17(20-11-19-16)18-9-12-4-2-3-5-13(12)10-21/h2-8,11,21H,9-10H2,1H3,(H,18,19,20). The van der Waals surface area contributed by atoms with Crippen LogP contribution in [-0.4, -0.2) is 29.7 Å². The first-order valence-electron chi connectivity index (χ1n) is 7.35. The third-order valence-electron chi connectivity index (χ3n) is 3.77. The Morgan fingerprint density at radius 3 is 2.54 bits per heavy atom.